The Balaban J connectivity index is 1.80. The summed E-state index contributed by atoms with van der Waals surface area (Å²) in [6.45, 7) is 0. The molecule has 0 saturated carbocycles. The van der Waals surface area contributed by atoms with Crippen molar-refractivity contribution in [2.24, 2.45) is 10.1 Å². The molecule has 7 nitrogen and oxygen atoms in total. The van der Waals surface area contributed by atoms with Gasteiger partial charge in [-0.25, -0.2) is 4.68 Å². The van der Waals surface area contributed by atoms with Crippen LogP contribution in [0.2, 0.25) is 0 Å². The quantitative estimate of drug-likeness (QED) is 0.431. The molecule has 0 aliphatic carbocycles. The molecule has 0 amide bonds. The Bertz CT molecular complexity index is 1250. The van der Waals surface area contributed by atoms with Crippen LogP contribution in [0.5, 0.6) is 17.2 Å². The van der Waals surface area contributed by atoms with E-state index < -0.39 is 0 Å². The maximum Gasteiger partial charge on any atom is 0.206 e. The second-order valence-corrected chi connectivity index (χ2v) is 7.12. The van der Waals surface area contributed by atoms with Gasteiger partial charge < -0.3 is 18.6 Å². The van der Waals surface area contributed by atoms with E-state index in [1.165, 1.54) is 11.3 Å². The molecule has 0 bridgehead atoms. The zero-order valence-electron chi connectivity index (χ0n) is 17.1. The van der Waals surface area contributed by atoms with Gasteiger partial charge in [-0.1, -0.05) is 18.2 Å². The third-order valence-electron chi connectivity index (χ3n) is 4.60. The van der Waals surface area contributed by atoms with Crippen LogP contribution in [0.3, 0.4) is 0 Å². The van der Waals surface area contributed by atoms with Gasteiger partial charge >= 0.3 is 0 Å². The number of rotatable bonds is 6. The van der Waals surface area contributed by atoms with E-state index >= 15 is 0 Å². The molecule has 30 heavy (non-hydrogen) atoms. The highest BCUT2D eigenvalue weighted by Gasteiger charge is 2.14. The lowest BCUT2D eigenvalue weighted by atomic mass is 10.2. The normalized spacial score (nSPS) is 12.1. The Kier molecular flexibility index (Phi) is 5.58. The lowest BCUT2D eigenvalue weighted by molar-refractivity contribution is 0.349. The molecule has 2 aromatic heterocycles. The summed E-state index contributed by atoms with van der Waals surface area (Å²) in [5, 5.41) is 7.67. The first kappa shape index (κ1) is 19.8. The van der Waals surface area contributed by atoms with Crippen molar-refractivity contribution in [1.82, 2.24) is 4.68 Å². The van der Waals surface area contributed by atoms with Gasteiger partial charge in [-0.3, -0.25) is 4.99 Å². The molecule has 0 unspecified atom stereocenters. The minimum Gasteiger partial charge on any atom is -0.496 e. The SMILES string of the molecule is CN=c1scc(-c2cc3ccccc3o2)n1N=Cc1cc(OC)c(OC)cc1OC. The van der Waals surface area contributed by atoms with Crippen molar-refractivity contribution in [3.63, 3.8) is 0 Å². The molecule has 0 spiro atoms. The van der Waals surface area contributed by atoms with E-state index in [0.717, 1.165) is 32.8 Å². The van der Waals surface area contributed by atoms with Gasteiger partial charge in [0, 0.05) is 29.4 Å². The first-order valence-electron chi connectivity index (χ1n) is 9.15. The molecular weight excluding hydrogens is 402 g/mol. The predicted octanol–water partition coefficient (Wildman–Crippen LogP) is 4.40. The van der Waals surface area contributed by atoms with Crippen LogP contribution in [0, 0.1) is 0 Å². The van der Waals surface area contributed by atoms with Crippen LogP contribution in [0.25, 0.3) is 22.4 Å². The summed E-state index contributed by atoms with van der Waals surface area (Å²) in [6.07, 6.45) is 1.70. The van der Waals surface area contributed by atoms with Crippen LogP contribution in [-0.2, 0) is 0 Å². The van der Waals surface area contributed by atoms with Crippen LogP contribution in [0.1, 0.15) is 5.56 Å². The van der Waals surface area contributed by atoms with Crippen molar-refractivity contribution in [3.05, 3.63) is 58.2 Å². The highest BCUT2D eigenvalue weighted by Crippen LogP contribution is 2.34. The van der Waals surface area contributed by atoms with Gasteiger partial charge in [0.1, 0.15) is 17.0 Å². The Morgan fingerprint density at radius 1 is 0.967 bits per heavy atom. The van der Waals surface area contributed by atoms with E-state index in [-0.39, 0.29) is 0 Å². The first-order chi connectivity index (χ1) is 14.7. The number of ether oxygens (including phenoxy) is 3. The monoisotopic (exact) mass is 423 g/mol. The number of furan rings is 1. The summed E-state index contributed by atoms with van der Waals surface area (Å²) in [4.78, 5) is 5.07. The maximum absolute atomic E-state index is 6.03. The molecule has 2 heterocycles. The molecule has 0 N–H and O–H groups in total. The van der Waals surface area contributed by atoms with E-state index in [2.05, 4.69) is 10.1 Å². The van der Waals surface area contributed by atoms with Gasteiger partial charge in [0.05, 0.1) is 27.5 Å². The average Bonchev–Trinajstić information content (AvgIpc) is 3.40. The van der Waals surface area contributed by atoms with Gasteiger partial charge in [-0.15, -0.1) is 11.3 Å². The molecule has 2 aromatic carbocycles. The molecule has 0 radical (unpaired) electrons. The molecule has 8 heteroatoms. The summed E-state index contributed by atoms with van der Waals surface area (Å²) in [6, 6.07) is 13.5. The molecule has 154 valence electrons. The molecule has 4 rings (SSSR count). The molecule has 0 fully saturated rings. The Morgan fingerprint density at radius 3 is 2.40 bits per heavy atom. The number of thiazole rings is 1. The molecule has 0 aliphatic rings. The van der Waals surface area contributed by atoms with Crippen molar-refractivity contribution < 1.29 is 18.6 Å². The van der Waals surface area contributed by atoms with Crippen molar-refractivity contribution in [2.45, 2.75) is 0 Å². The molecule has 0 aliphatic heterocycles. The summed E-state index contributed by atoms with van der Waals surface area (Å²) in [5.74, 6) is 2.51. The second kappa shape index (κ2) is 8.46. The Labute approximate surface area is 177 Å². The Morgan fingerprint density at radius 2 is 1.70 bits per heavy atom. The highest BCUT2D eigenvalue weighted by molar-refractivity contribution is 7.07. The van der Waals surface area contributed by atoms with E-state index in [4.69, 9.17) is 18.6 Å². The van der Waals surface area contributed by atoms with Crippen LogP contribution >= 0.6 is 11.3 Å². The van der Waals surface area contributed by atoms with Crippen LogP contribution in [0.15, 0.2) is 62.4 Å². The van der Waals surface area contributed by atoms with Crippen molar-refractivity contribution in [2.75, 3.05) is 28.4 Å². The number of methoxy groups -OCH3 is 3. The number of nitrogens with zero attached hydrogens (tertiary/aromatic N) is 3. The van der Waals surface area contributed by atoms with Crippen molar-refractivity contribution in [1.29, 1.82) is 0 Å². The van der Waals surface area contributed by atoms with Gasteiger partial charge in [-0.2, -0.15) is 5.10 Å². The fourth-order valence-corrected chi connectivity index (χ4v) is 3.90. The number of fused-ring (bicyclic) bond motifs is 1. The fourth-order valence-electron chi connectivity index (χ4n) is 3.11. The summed E-state index contributed by atoms with van der Waals surface area (Å²) in [5.41, 5.74) is 2.38. The largest absolute Gasteiger partial charge is 0.496 e. The highest BCUT2D eigenvalue weighted by atomic mass is 32.1. The van der Waals surface area contributed by atoms with Crippen LogP contribution < -0.4 is 19.0 Å². The molecular formula is C22H21N3O4S. The topological polar surface area (TPSA) is 70.5 Å². The Hall–Kier alpha value is -3.52. The third kappa shape index (κ3) is 3.57. The second-order valence-electron chi connectivity index (χ2n) is 6.28. The first-order valence-corrected chi connectivity index (χ1v) is 10.0. The summed E-state index contributed by atoms with van der Waals surface area (Å²) in [7, 11) is 6.51. The predicted molar refractivity (Wildman–Crippen MR) is 118 cm³/mol. The number of benzene rings is 2. The third-order valence-corrected chi connectivity index (χ3v) is 5.51. The van der Waals surface area contributed by atoms with E-state index in [9.17, 15) is 0 Å². The summed E-state index contributed by atoms with van der Waals surface area (Å²) < 4.78 is 24.0. The zero-order chi connectivity index (χ0) is 21.1. The smallest absolute Gasteiger partial charge is 0.206 e. The lowest BCUT2D eigenvalue weighted by Gasteiger charge is -2.11. The minimum absolute atomic E-state index is 0.585. The average molecular weight is 423 g/mol. The van der Waals surface area contributed by atoms with Gasteiger partial charge in [0.2, 0.25) is 4.80 Å². The summed E-state index contributed by atoms with van der Waals surface area (Å²) >= 11 is 1.49. The lowest BCUT2D eigenvalue weighted by Crippen LogP contribution is -2.11. The fraction of sp³-hybridized carbons (Fsp3) is 0.182. The molecule has 0 atom stereocenters. The zero-order valence-corrected chi connectivity index (χ0v) is 17.9. The number of aromatic nitrogens is 1. The number of para-hydroxylation sites is 1. The van der Waals surface area contributed by atoms with Crippen LogP contribution in [0.4, 0.5) is 0 Å². The molecule has 4 aromatic rings. The maximum atomic E-state index is 6.03. The van der Waals surface area contributed by atoms with Crippen LogP contribution in [-0.4, -0.2) is 39.3 Å². The minimum atomic E-state index is 0.585. The van der Waals surface area contributed by atoms with Crippen molar-refractivity contribution >= 4 is 28.5 Å². The van der Waals surface area contributed by atoms with Gasteiger partial charge in [0.15, 0.2) is 17.3 Å². The van der Waals surface area contributed by atoms with E-state index in [1.807, 2.05) is 41.8 Å². The van der Waals surface area contributed by atoms with Gasteiger partial charge in [-0.05, 0) is 18.2 Å². The van der Waals surface area contributed by atoms with E-state index in [0.29, 0.717) is 17.2 Å². The number of hydrogen-bond donors (Lipinski definition) is 0. The molecule has 0 saturated heterocycles. The number of hydrogen-bond acceptors (Lipinski definition) is 7. The van der Waals surface area contributed by atoms with E-state index in [1.54, 1.807) is 45.3 Å². The van der Waals surface area contributed by atoms with Crippen molar-refractivity contribution in [3.8, 4) is 28.7 Å². The van der Waals surface area contributed by atoms with Gasteiger partial charge in [0.25, 0.3) is 0 Å². The standard InChI is InChI=1S/C22H21N3O4S/c1-23-22-25(16(13-30-22)19-9-14-7-5-6-8-17(14)29-19)24-12-15-10-20(27-3)21(28-4)11-18(15)26-2/h5-13H,1-4H3.